The summed E-state index contributed by atoms with van der Waals surface area (Å²) in [6, 6.07) is 67.4. The first kappa shape index (κ1) is 102. The van der Waals surface area contributed by atoms with Crippen LogP contribution in [0.2, 0.25) is 20.1 Å². The van der Waals surface area contributed by atoms with Crippen LogP contribution in [0.1, 0.15) is 69.0 Å². The first-order chi connectivity index (χ1) is 59.8. The van der Waals surface area contributed by atoms with E-state index < -0.39 is 40.1 Å². The largest absolute Gasteiger partial charge is 0.496 e. The highest BCUT2D eigenvalue weighted by Crippen LogP contribution is 2.30. The summed E-state index contributed by atoms with van der Waals surface area (Å²) < 4.78 is 127. The van der Waals surface area contributed by atoms with Crippen molar-refractivity contribution < 1.29 is 67.0 Å². The molecule has 10 rings (SSSR count). The Labute approximate surface area is 756 Å². The Morgan fingerprint density at radius 3 is 0.912 bits per heavy atom. The predicted molar refractivity (Wildman–Crippen MR) is 495 cm³/mol. The van der Waals surface area contributed by atoms with Crippen LogP contribution in [0.25, 0.3) is 0 Å². The van der Waals surface area contributed by atoms with Gasteiger partial charge in [-0.3, -0.25) is 19.3 Å². The van der Waals surface area contributed by atoms with Gasteiger partial charge in [-0.2, -0.15) is 9.44 Å². The second-order valence-electron chi connectivity index (χ2n) is 28.0. The Hall–Kier alpha value is -10.6. The zero-order valence-corrected chi connectivity index (χ0v) is 77.0. The monoisotopic (exact) mass is 1850 g/mol. The second kappa shape index (κ2) is 51.1. The summed E-state index contributed by atoms with van der Waals surface area (Å²) in [6.45, 7) is 10.1. The molecule has 10 aromatic carbocycles. The smallest absolute Gasteiger partial charge is 0.241 e. The molecule has 0 aromatic heterocycles. The fourth-order valence-corrected chi connectivity index (χ4v) is 16.8. The van der Waals surface area contributed by atoms with Crippen LogP contribution in [0, 0.1) is 24.7 Å². The number of ether oxygens (including phenoxy) is 4. The number of rotatable bonds is 41. The molecule has 23 nitrogen and oxygen atoms in total. The van der Waals surface area contributed by atoms with Crippen LogP contribution in [0.5, 0.6) is 23.0 Å². The average Bonchev–Trinajstić information content (AvgIpc) is 0.850. The lowest BCUT2D eigenvalue weighted by Gasteiger charge is -2.24. The van der Waals surface area contributed by atoms with Gasteiger partial charge in [0.05, 0.1) is 74.0 Å². The fourth-order valence-electron chi connectivity index (χ4n) is 12.7. The lowest BCUT2D eigenvalue weighted by atomic mass is 10.1. The van der Waals surface area contributed by atoms with Crippen LogP contribution in [-0.2, 0) is 119 Å². The highest BCUT2D eigenvalue weighted by molar-refractivity contribution is 7.90. The first-order valence-corrected chi connectivity index (χ1v) is 46.9. The van der Waals surface area contributed by atoms with Gasteiger partial charge in [0.25, 0.3) is 0 Å². The highest BCUT2D eigenvalue weighted by atomic mass is 35.5. The minimum atomic E-state index is -3.65. The molecule has 0 radical (unpaired) electrons. The Bertz CT molecular complexity index is 5760. The maximum absolute atomic E-state index is 13.3. The van der Waals surface area contributed by atoms with Crippen molar-refractivity contribution in [2.45, 2.75) is 97.6 Å². The molecule has 0 spiro atoms. The zero-order valence-electron chi connectivity index (χ0n) is 70.7. The van der Waals surface area contributed by atoms with Crippen LogP contribution >= 0.6 is 46.4 Å². The van der Waals surface area contributed by atoms with Crippen molar-refractivity contribution in [3.63, 3.8) is 0 Å². The first-order valence-electron chi connectivity index (χ1n) is 39.5. The fraction of sp³-hybridized carbons (Fsp3) is 0.266. The van der Waals surface area contributed by atoms with Crippen molar-refractivity contribution in [2.75, 3.05) is 88.3 Å². The SMILES string of the molecule is C#CCNS(=O)(=O)c1ccc(CCN(Cc2cc(Cl)ccc2OC)C(=O)CC)cc1.C#CCNS(=O)(=O)c1ccc(CCN(Cc2cc(Cl)ccc2OC)C(=O)Cc2ccccc2)cc1.C=CCN(CCc1ccc(S(=O)(=O)NC)cc1)Cc1cc(Cl)ccc1OC.CNS(=O)(=O)c1ccc(CCN(Cc2cc(Cl)ccc2OC)C(=O)Cc2ccccc2)cc1. The molecule has 0 aliphatic rings. The number of hydrogen-bond acceptors (Lipinski definition) is 16. The van der Waals surface area contributed by atoms with Gasteiger partial charge in [0.2, 0.25) is 57.8 Å². The molecule has 0 fully saturated rings. The molecule has 10 aromatic rings. The number of benzene rings is 10. The van der Waals surface area contributed by atoms with Crippen molar-refractivity contribution in [1.29, 1.82) is 0 Å². The van der Waals surface area contributed by atoms with E-state index in [-0.39, 0.29) is 63.2 Å². The van der Waals surface area contributed by atoms with E-state index in [1.54, 1.807) is 158 Å². The number of amides is 3. The molecular weight excluding hydrogens is 1750 g/mol. The van der Waals surface area contributed by atoms with E-state index in [0.717, 1.165) is 80.9 Å². The molecule has 662 valence electrons. The lowest BCUT2D eigenvalue weighted by molar-refractivity contribution is -0.132. The number of methoxy groups -OCH3 is 4. The minimum Gasteiger partial charge on any atom is -0.496 e. The van der Waals surface area contributed by atoms with Gasteiger partial charge in [0, 0.05) is 108 Å². The van der Waals surface area contributed by atoms with Crippen molar-refractivity contribution in [2.24, 2.45) is 0 Å². The number of halogens is 4. The molecule has 0 saturated heterocycles. The van der Waals surface area contributed by atoms with Gasteiger partial charge in [0.15, 0.2) is 0 Å². The van der Waals surface area contributed by atoms with E-state index in [1.807, 2.05) is 104 Å². The van der Waals surface area contributed by atoms with Crippen molar-refractivity contribution in [1.82, 2.24) is 38.5 Å². The molecule has 0 bridgehead atoms. The Balaban J connectivity index is 0.000000230. The maximum atomic E-state index is 13.3. The number of nitrogens with one attached hydrogen (secondary N) is 4. The third kappa shape index (κ3) is 33.1. The summed E-state index contributed by atoms with van der Waals surface area (Å²) in [4.78, 5) is 47.2. The van der Waals surface area contributed by atoms with Gasteiger partial charge in [-0.15, -0.1) is 19.4 Å². The summed E-state index contributed by atoms with van der Waals surface area (Å²) in [5.74, 6) is 7.24. The van der Waals surface area contributed by atoms with Crippen molar-refractivity contribution >= 4 is 104 Å². The van der Waals surface area contributed by atoms with E-state index in [4.69, 9.17) is 78.2 Å². The summed E-state index contributed by atoms with van der Waals surface area (Å²) in [7, 11) is -5.00. The van der Waals surface area contributed by atoms with Crippen molar-refractivity contribution in [3.05, 3.63) is 319 Å². The number of hydrogen-bond donors (Lipinski definition) is 4. The molecule has 0 heterocycles. The molecule has 0 aliphatic carbocycles. The molecule has 0 aliphatic heterocycles. The quantitative estimate of drug-likeness (QED) is 0.0205. The highest BCUT2D eigenvalue weighted by Gasteiger charge is 2.24. The van der Waals surface area contributed by atoms with Gasteiger partial charge in [-0.05, 0) is 194 Å². The third-order valence-corrected chi connectivity index (χ3v) is 26.2. The van der Waals surface area contributed by atoms with Gasteiger partial charge < -0.3 is 33.6 Å². The Morgan fingerprint density at radius 1 is 0.376 bits per heavy atom. The van der Waals surface area contributed by atoms with E-state index >= 15 is 0 Å². The zero-order chi connectivity index (χ0) is 91.1. The molecule has 4 N–H and O–H groups in total. The second-order valence-corrected chi connectivity index (χ2v) is 37.1. The number of terminal acetylenes is 2. The van der Waals surface area contributed by atoms with E-state index in [9.17, 15) is 48.1 Å². The average molecular weight is 1860 g/mol. The van der Waals surface area contributed by atoms with E-state index in [1.165, 1.54) is 38.4 Å². The van der Waals surface area contributed by atoms with E-state index in [0.29, 0.717) is 109 Å². The van der Waals surface area contributed by atoms with Crippen molar-refractivity contribution in [3.8, 4) is 47.7 Å². The van der Waals surface area contributed by atoms with Gasteiger partial charge >= 0.3 is 0 Å². The number of sulfonamides is 4. The van der Waals surface area contributed by atoms with Crippen LogP contribution < -0.4 is 37.8 Å². The molecule has 125 heavy (non-hydrogen) atoms. The summed E-state index contributed by atoms with van der Waals surface area (Å²) >= 11 is 24.6. The summed E-state index contributed by atoms with van der Waals surface area (Å²) in [6.07, 6.45) is 15.5. The summed E-state index contributed by atoms with van der Waals surface area (Å²) in [5, 5.41) is 2.38. The van der Waals surface area contributed by atoms with Gasteiger partial charge in [-0.1, -0.05) is 180 Å². The summed E-state index contributed by atoms with van der Waals surface area (Å²) in [5.41, 5.74) is 9.15. The predicted octanol–water partition coefficient (Wildman–Crippen LogP) is 14.9. The topological polar surface area (TPSA) is 286 Å². The molecule has 3 amide bonds. The third-order valence-electron chi connectivity index (χ3n) is 19.5. The lowest BCUT2D eigenvalue weighted by Crippen LogP contribution is -2.33. The van der Waals surface area contributed by atoms with Crippen LogP contribution in [0.15, 0.2) is 263 Å². The van der Waals surface area contributed by atoms with Gasteiger partial charge in [0.1, 0.15) is 23.0 Å². The number of carbonyl (C=O) groups is 3. The molecule has 31 heteroatoms. The number of carbonyl (C=O) groups excluding carboxylic acids is 3. The standard InChI is InChI=1S/C27H27ClN2O4S.C25H27ClN2O4S.C22H25ClN2O4S.C20H25ClN2O3S/c1-3-16-29-35(32,33)25-12-9-21(10-13-25)15-17-30(27(31)18-22-7-5-4-6-8-22)20-23-19-24(28)11-14-26(23)34-2;1-27-33(30,31)23-11-8-19(9-12-23)14-15-28(25(29)16-20-6-4-3-5-7-20)18-21-17-22(26)10-13-24(21)32-2;1-4-13-24-30(27,28)20-9-6-17(7-10-20)12-14-25(22(26)5-2)16-18-15-19(23)8-11-21(18)29-3;1-4-12-23(15-17-14-18(21)7-10-20(17)26-3)13-11-16-5-8-19(9-6-16)27(24,25)22-2/h1,4-14,19,29H,15-18,20H2,2H3;3-13,17,27H,14-16,18H2,1-2H3;1,6-11,15,24H,5,12-14,16H2,2-3H3;4-10,14,22H,1,11-13,15H2,2-3H3. The molecule has 0 unspecified atom stereocenters. The van der Waals surface area contributed by atoms with Crippen LogP contribution in [0.3, 0.4) is 0 Å². The Morgan fingerprint density at radius 2 is 0.648 bits per heavy atom. The molecule has 0 atom stereocenters. The molecule has 0 saturated carbocycles. The van der Waals surface area contributed by atoms with Crippen LogP contribution in [-0.4, -0.2) is 159 Å². The van der Waals surface area contributed by atoms with Crippen LogP contribution in [0.4, 0.5) is 0 Å². The normalized spacial score (nSPS) is 11.2. The Kier molecular flexibility index (Phi) is 41.5. The van der Waals surface area contributed by atoms with Gasteiger partial charge in [-0.25, -0.2) is 43.1 Å². The minimum absolute atomic E-state index is 0.00899. The maximum Gasteiger partial charge on any atom is 0.241 e. The number of nitrogens with zero attached hydrogens (tertiary/aromatic N) is 4. The van der Waals surface area contributed by atoms with E-state index in [2.05, 4.69) is 42.2 Å². The molecular formula is C94H104Cl4N8O15S4.